The number of aromatic nitrogens is 2. The van der Waals surface area contributed by atoms with Gasteiger partial charge in [0.1, 0.15) is 5.82 Å². The molecule has 5 N–H and O–H groups in total. The number of primary sulfonamides is 1. The molecule has 2 aromatic carbocycles. The molecule has 3 heterocycles. The van der Waals surface area contributed by atoms with Crippen LogP contribution in [0.25, 0.3) is 0 Å². The first kappa shape index (κ1) is 25.1. The van der Waals surface area contributed by atoms with Gasteiger partial charge in [0.2, 0.25) is 21.9 Å². The predicted molar refractivity (Wildman–Crippen MR) is 142 cm³/mol. The molecule has 11 heteroatoms. The van der Waals surface area contributed by atoms with E-state index in [9.17, 15) is 13.2 Å². The first-order chi connectivity index (χ1) is 17.9. The number of likely N-dealkylation sites (tertiary alicyclic amines) is 1. The van der Waals surface area contributed by atoms with Crippen molar-refractivity contribution in [2.24, 2.45) is 11.1 Å². The van der Waals surface area contributed by atoms with Gasteiger partial charge in [-0.25, -0.2) is 18.5 Å². The second-order valence-electron chi connectivity index (χ2n) is 9.49. The quantitative estimate of drug-likeness (QED) is 0.371. The average molecular weight is 522 g/mol. The summed E-state index contributed by atoms with van der Waals surface area (Å²) < 4.78 is 22.9. The number of hydrogen-bond donors (Lipinski definition) is 4. The van der Waals surface area contributed by atoms with Gasteiger partial charge in [-0.2, -0.15) is 4.98 Å². The molecule has 0 aliphatic carbocycles. The molecular weight excluding hydrogens is 490 g/mol. The monoisotopic (exact) mass is 521 g/mol. The summed E-state index contributed by atoms with van der Waals surface area (Å²) in [6, 6.07) is 18.4. The molecule has 1 aromatic heterocycles. The van der Waals surface area contributed by atoms with E-state index in [0.717, 1.165) is 25.9 Å². The maximum Gasteiger partial charge on any atom is 0.238 e. The van der Waals surface area contributed by atoms with Crippen molar-refractivity contribution in [1.29, 1.82) is 0 Å². The maximum atomic E-state index is 13.3. The molecule has 2 atom stereocenters. The Morgan fingerprint density at radius 2 is 1.73 bits per heavy atom. The highest BCUT2D eigenvalue weighted by molar-refractivity contribution is 7.89. The number of hydrogen-bond acceptors (Lipinski definition) is 8. The zero-order chi connectivity index (χ0) is 25.8. The Morgan fingerprint density at radius 3 is 2.43 bits per heavy atom. The molecule has 10 nitrogen and oxygen atoms in total. The Hall–Kier alpha value is -3.54. The van der Waals surface area contributed by atoms with Crippen molar-refractivity contribution in [3.05, 3.63) is 72.4 Å². The fourth-order valence-electron chi connectivity index (χ4n) is 5.03. The van der Waals surface area contributed by atoms with Gasteiger partial charge in [-0.1, -0.05) is 30.3 Å². The summed E-state index contributed by atoms with van der Waals surface area (Å²) >= 11 is 0. The SMILES string of the molecule is NS(=O)(=O)c1ccc(Nc2nccc(NC3CCN(C(=O)C4CNCC4c4ccccc4)CC3)n2)cc1. The third-order valence-electron chi connectivity index (χ3n) is 7.01. The molecule has 2 saturated heterocycles. The van der Waals surface area contributed by atoms with Crippen molar-refractivity contribution in [1.82, 2.24) is 20.2 Å². The molecule has 2 aliphatic rings. The van der Waals surface area contributed by atoms with E-state index in [1.807, 2.05) is 23.1 Å². The fraction of sp³-hybridized carbons (Fsp3) is 0.346. The van der Waals surface area contributed by atoms with Crippen molar-refractivity contribution in [2.45, 2.75) is 29.7 Å². The molecule has 3 aromatic rings. The molecule has 1 amide bonds. The number of benzene rings is 2. The third-order valence-corrected chi connectivity index (χ3v) is 7.94. The summed E-state index contributed by atoms with van der Waals surface area (Å²) in [5.74, 6) is 1.50. The summed E-state index contributed by atoms with van der Waals surface area (Å²) in [5, 5.41) is 15.1. The number of amides is 1. The Balaban J connectivity index is 1.15. The minimum atomic E-state index is -3.74. The van der Waals surface area contributed by atoms with Gasteiger partial charge in [0.05, 0.1) is 10.8 Å². The zero-order valence-electron chi connectivity index (χ0n) is 20.4. The van der Waals surface area contributed by atoms with E-state index in [2.05, 4.69) is 38.1 Å². The third kappa shape index (κ3) is 6.07. The first-order valence-electron chi connectivity index (χ1n) is 12.4. The second kappa shape index (κ2) is 10.8. The molecule has 0 spiro atoms. The van der Waals surface area contributed by atoms with Gasteiger partial charge in [0, 0.05) is 50.0 Å². The number of nitrogens with one attached hydrogen (secondary N) is 3. The van der Waals surface area contributed by atoms with Crippen LogP contribution in [0.2, 0.25) is 0 Å². The van der Waals surface area contributed by atoms with Crippen LogP contribution in [-0.2, 0) is 14.8 Å². The van der Waals surface area contributed by atoms with E-state index in [4.69, 9.17) is 5.14 Å². The van der Waals surface area contributed by atoms with Crippen molar-refractivity contribution in [3.8, 4) is 0 Å². The lowest BCUT2D eigenvalue weighted by atomic mass is 9.87. The standard InChI is InChI=1S/C26H31N7O3S/c27-37(35,36)21-8-6-19(7-9-21)31-26-29-13-10-24(32-26)30-20-11-14-33(15-12-20)25(34)23-17-28-16-22(23)18-4-2-1-3-5-18/h1-10,13,20,22-23,28H,11-12,14-17H2,(H2,27,35,36)(H2,29,30,31,32). The number of nitrogens with zero attached hydrogens (tertiary/aromatic N) is 3. The van der Waals surface area contributed by atoms with Gasteiger partial charge in [0.15, 0.2) is 0 Å². The predicted octanol–water partition coefficient (Wildman–Crippen LogP) is 2.27. The van der Waals surface area contributed by atoms with Crippen molar-refractivity contribution < 1.29 is 13.2 Å². The van der Waals surface area contributed by atoms with Crippen LogP contribution in [0.4, 0.5) is 17.5 Å². The largest absolute Gasteiger partial charge is 0.367 e. The van der Waals surface area contributed by atoms with E-state index >= 15 is 0 Å². The minimum absolute atomic E-state index is 0.0265. The number of sulfonamides is 1. The Labute approximate surface area is 216 Å². The molecule has 2 unspecified atom stereocenters. The molecule has 0 bridgehead atoms. The van der Waals surface area contributed by atoms with Crippen LogP contribution < -0.4 is 21.1 Å². The Kier molecular flexibility index (Phi) is 7.36. The van der Waals surface area contributed by atoms with Crippen molar-refractivity contribution in [2.75, 3.05) is 36.8 Å². The van der Waals surface area contributed by atoms with E-state index < -0.39 is 10.0 Å². The van der Waals surface area contributed by atoms with Crippen LogP contribution in [0.3, 0.4) is 0 Å². The number of nitrogens with two attached hydrogens (primary N) is 1. The van der Waals surface area contributed by atoms with Crippen molar-refractivity contribution in [3.63, 3.8) is 0 Å². The van der Waals surface area contributed by atoms with Crippen LogP contribution in [0.5, 0.6) is 0 Å². The van der Waals surface area contributed by atoms with Gasteiger partial charge in [-0.15, -0.1) is 0 Å². The average Bonchev–Trinajstić information content (AvgIpc) is 3.39. The molecular formula is C26H31N7O3S. The Morgan fingerprint density at radius 1 is 1.00 bits per heavy atom. The topological polar surface area (TPSA) is 142 Å². The van der Waals surface area contributed by atoms with E-state index in [1.165, 1.54) is 17.7 Å². The smallest absolute Gasteiger partial charge is 0.238 e. The first-order valence-corrected chi connectivity index (χ1v) is 14.0. The zero-order valence-corrected chi connectivity index (χ0v) is 21.2. The lowest BCUT2D eigenvalue weighted by molar-refractivity contribution is -0.136. The number of carbonyl (C=O) groups is 1. The molecule has 5 rings (SSSR count). The lowest BCUT2D eigenvalue weighted by Crippen LogP contribution is -2.46. The number of carbonyl (C=O) groups excluding carboxylic acids is 1. The normalized spacial score (nSPS) is 20.5. The fourth-order valence-corrected chi connectivity index (χ4v) is 5.55. The summed E-state index contributed by atoms with van der Waals surface area (Å²) in [4.78, 5) is 24.2. The van der Waals surface area contributed by atoms with E-state index in [1.54, 1.807) is 24.4 Å². The van der Waals surface area contributed by atoms with Gasteiger partial charge in [-0.3, -0.25) is 4.79 Å². The lowest BCUT2D eigenvalue weighted by Gasteiger charge is -2.35. The maximum absolute atomic E-state index is 13.3. The van der Waals surface area contributed by atoms with Gasteiger partial charge in [0.25, 0.3) is 0 Å². The van der Waals surface area contributed by atoms with E-state index in [0.29, 0.717) is 30.5 Å². The highest BCUT2D eigenvalue weighted by atomic mass is 32.2. The molecule has 37 heavy (non-hydrogen) atoms. The van der Waals surface area contributed by atoms with Gasteiger partial charge >= 0.3 is 0 Å². The summed E-state index contributed by atoms with van der Waals surface area (Å²) in [6.45, 7) is 2.97. The highest BCUT2D eigenvalue weighted by Crippen LogP contribution is 2.30. The van der Waals surface area contributed by atoms with Gasteiger partial charge < -0.3 is 20.9 Å². The van der Waals surface area contributed by atoms with Crippen LogP contribution in [-0.4, -0.2) is 61.4 Å². The van der Waals surface area contributed by atoms with E-state index in [-0.39, 0.29) is 28.7 Å². The molecule has 2 aliphatic heterocycles. The highest BCUT2D eigenvalue weighted by Gasteiger charge is 2.37. The molecule has 0 radical (unpaired) electrons. The van der Waals surface area contributed by atoms with Crippen molar-refractivity contribution >= 4 is 33.4 Å². The second-order valence-corrected chi connectivity index (χ2v) is 11.0. The summed E-state index contributed by atoms with van der Waals surface area (Å²) in [7, 11) is -3.74. The van der Waals surface area contributed by atoms with Gasteiger partial charge in [-0.05, 0) is 48.7 Å². The summed E-state index contributed by atoms with van der Waals surface area (Å²) in [6.07, 6.45) is 3.33. The van der Waals surface area contributed by atoms with Crippen LogP contribution in [0.1, 0.15) is 24.3 Å². The summed E-state index contributed by atoms with van der Waals surface area (Å²) in [5.41, 5.74) is 1.86. The minimum Gasteiger partial charge on any atom is -0.367 e. The molecule has 0 saturated carbocycles. The molecule has 2 fully saturated rings. The number of rotatable bonds is 7. The van der Waals surface area contributed by atoms with Crippen LogP contribution >= 0.6 is 0 Å². The van der Waals surface area contributed by atoms with Crippen LogP contribution in [0, 0.1) is 5.92 Å². The number of anilines is 3. The van der Waals surface area contributed by atoms with Crippen LogP contribution in [0.15, 0.2) is 71.8 Å². The number of piperidine rings is 1. The Bertz CT molecular complexity index is 1330. The molecule has 194 valence electrons.